The summed E-state index contributed by atoms with van der Waals surface area (Å²) in [7, 11) is 0. The first-order valence-corrected chi connectivity index (χ1v) is 9.23. The van der Waals surface area contributed by atoms with Gasteiger partial charge in [-0.2, -0.15) is 0 Å². The standard InChI is InChI=1S/C23H20O4/c1-13(2)14-7-9-17-16(11-14)22(25)27-23(17)18-5-3-4-6-20(18)26-21-12-15(24)8-10-19(21)23/h3-13,18,20,24H,1-2H3. The molecule has 0 radical (unpaired) electrons. The fourth-order valence-electron chi connectivity index (χ4n) is 4.43. The number of phenolic OH excluding ortho intramolecular Hbond substituents is 1. The molecule has 3 atom stereocenters. The Morgan fingerprint density at radius 3 is 2.63 bits per heavy atom. The lowest BCUT2D eigenvalue weighted by atomic mass is 9.70. The molecule has 0 fully saturated rings. The van der Waals surface area contributed by atoms with Crippen molar-refractivity contribution in [2.45, 2.75) is 31.5 Å². The average Bonchev–Trinajstić information content (AvgIpc) is 2.94. The highest BCUT2D eigenvalue weighted by molar-refractivity contribution is 5.96. The Morgan fingerprint density at radius 1 is 1.04 bits per heavy atom. The topological polar surface area (TPSA) is 55.8 Å². The van der Waals surface area contributed by atoms with Gasteiger partial charge in [0.15, 0.2) is 5.60 Å². The van der Waals surface area contributed by atoms with Crippen molar-refractivity contribution in [1.29, 1.82) is 0 Å². The zero-order chi connectivity index (χ0) is 18.8. The van der Waals surface area contributed by atoms with Gasteiger partial charge in [0, 0.05) is 17.2 Å². The van der Waals surface area contributed by atoms with Crippen LogP contribution in [0.25, 0.3) is 0 Å². The number of hydrogen-bond acceptors (Lipinski definition) is 4. The minimum absolute atomic E-state index is 0.123. The fraction of sp³-hybridized carbons (Fsp3) is 0.261. The van der Waals surface area contributed by atoms with Gasteiger partial charge in [0.25, 0.3) is 0 Å². The Bertz CT molecular complexity index is 1020. The van der Waals surface area contributed by atoms with Crippen LogP contribution >= 0.6 is 0 Å². The van der Waals surface area contributed by atoms with E-state index in [1.165, 1.54) is 0 Å². The van der Waals surface area contributed by atoms with E-state index in [-0.39, 0.29) is 23.7 Å². The summed E-state index contributed by atoms with van der Waals surface area (Å²) in [5.41, 5.74) is 2.41. The summed E-state index contributed by atoms with van der Waals surface area (Å²) in [6.07, 6.45) is 7.63. The number of fused-ring (bicyclic) bond motifs is 6. The van der Waals surface area contributed by atoms with E-state index in [1.54, 1.807) is 18.2 Å². The van der Waals surface area contributed by atoms with E-state index in [0.717, 1.165) is 16.7 Å². The molecule has 1 N–H and O–H groups in total. The summed E-state index contributed by atoms with van der Waals surface area (Å²) in [6.45, 7) is 4.21. The van der Waals surface area contributed by atoms with Gasteiger partial charge in [-0.3, -0.25) is 0 Å². The van der Waals surface area contributed by atoms with Crippen molar-refractivity contribution >= 4 is 5.97 Å². The molecule has 2 aromatic rings. The first-order chi connectivity index (χ1) is 13.0. The zero-order valence-corrected chi connectivity index (χ0v) is 15.2. The third-order valence-electron chi connectivity index (χ3n) is 5.77. The molecular formula is C23H20O4. The molecule has 0 saturated heterocycles. The Balaban J connectivity index is 1.80. The van der Waals surface area contributed by atoms with E-state index < -0.39 is 5.60 Å². The van der Waals surface area contributed by atoms with Gasteiger partial charge in [-0.05, 0) is 35.8 Å². The maximum Gasteiger partial charge on any atom is 0.339 e. The maximum atomic E-state index is 12.9. The number of phenols is 1. The molecule has 136 valence electrons. The highest BCUT2D eigenvalue weighted by atomic mass is 16.6. The smallest absolute Gasteiger partial charge is 0.339 e. The van der Waals surface area contributed by atoms with Crippen molar-refractivity contribution in [3.8, 4) is 11.5 Å². The quantitative estimate of drug-likeness (QED) is 0.764. The molecule has 3 aliphatic rings. The lowest BCUT2D eigenvalue weighted by molar-refractivity contribution is -0.0416. The van der Waals surface area contributed by atoms with Crippen LogP contribution < -0.4 is 4.74 Å². The van der Waals surface area contributed by atoms with Gasteiger partial charge in [0.2, 0.25) is 0 Å². The molecule has 4 nitrogen and oxygen atoms in total. The molecule has 2 aliphatic heterocycles. The maximum absolute atomic E-state index is 12.9. The second-order valence-electron chi connectivity index (χ2n) is 7.64. The number of allylic oxidation sites excluding steroid dienone is 2. The van der Waals surface area contributed by atoms with Crippen LogP contribution in [0.1, 0.15) is 46.8 Å². The summed E-state index contributed by atoms with van der Waals surface area (Å²) in [5, 5.41) is 9.94. The zero-order valence-electron chi connectivity index (χ0n) is 15.2. The third kappa shape index (κ3) is 2.13. The lowest BCUT2D eigenvalue weighted by Crippen LogP contribution is -2.48. The van der Waals surface area contributed by atoms with Crippen LogP contribution in [0.3, 0.4) is 0 Å². The second-order valence-corrected chi connectivity index (χ2v) is 7.64. The Morgan fingerprint density at radius 2 is 1.81 bits per heavy atom. The van der Waals surface area contributed by atoms with Crippen molar-refractivity contribution < 1.29 is 19.4 Å². The third-order valence-corrected chi connectivity index (χ3v) is 5.77. The molecule has 0 saturated carbocycles. The number of benzene rings is 2. The molecular weight excluding hydrogens is 340 g/mol. The fourth-order valence-corrected chi connectivity index (χ4v) is 4.43. The van der Waals surface area contributed by atoms with Crippen molar-refractivity contribution in [3.63, 3.8) is 0 Å². The van der Waals surface area contributed by atoms with Gasteiger partial charge < -0.3 is 14.6 Å². The van der Waals surface area contributed by atoms with Crippen LogP contribution in [0.4, 0.5) is 0 Å². The van der Waals surface area contributed by atoms with Gasteiger partial charge >= 0.3 is 5.97 Å². The van der Waals surface area contributed by atoms with Gasteiger partial charge in [0.05, 0.1) is 11.5 Å². The number of ether oxygens (including phenoxy) is 2. The van der Waals surface area contributed by atoms with Crippen molar-refractivity contribution in [2.75, 3.05) is 0 Å². The number of esters is 1. The number of carbonyl (C=O) groups is 1. The van der Waals surface area contributed by atoms with Crippen LogP contribution in [0.15, 0.2) is 60.7 Å². The van der Waals surface area contributed by atoms with Crippen LogP contribution in [0.2, 0.25) is 0 Å². The molecule has 2 aromatic carbocycles. The first-order valence-electron chi connectivity index (χ1n) is 9.23. The normalized spacial score (nSPS) is 27.1. The SMILES string of the molecule is CC(C)c1ccc2c(c1)C(=O)OC21c2ccc(O)cc2OC2C=CC=CC21. The number of aromatic hydroxyl groups is 1. The molecule has 2 heterocycles. The van der Waals surface area contributed by atoms with Gasteiger partial charge in [-0.15, -0.1) is 0 Å². The molecule has 0 bridgehead atoms. The predicted octanol–water partition coefficient (Wildman–Crippen LogP) is 4.43. The highest BCUT2D eigenvalue weighted by Crippen LogP contribution is 2.56. The van der Waals surface area contributed by atoms with E-state index in [0.29, 0.717) is 17.2 Å². The minimum Gasteiger partial charge on any atom is -0.508 e. The average molecular weight is 360 g/mol. The van der Waals surface area contributed by atoms with Crippen molar-refractivity contribution in [1.82, 2.24) is 0 Å². The lowest BCUT2D eigenvalue weighted by Gasteiger charge is -2.44. The number of rotatable bonds is 1. The number of carbonyl (C=O) groups excluding carboxylic acids is 1. The molecule has 0 amide bonds. The van der Waals surface area contributed by atoms with Crippen LogP contribution in [-0.4, -0.2) is 17.2 Å². The van der Waals surface area contributed by atoms with Crippen LogP contribution in [-0.2, 0) is 10.3 Å². The molecule has 1 aliphatic carbocycles. The molecule has 3 unspecified atom stereocenters. The van der Waals surface area contributed by atoms with Gasteiger partial charge in [0.1, 0.15) is 17.6 Å². The summed E-state index contributed by atoms with van der Waals surface area (Å²) in [5.74, 6) is 0.510. The molecule has 4 heteroatoms. The molecule has 0 aromatic heterocycles. The Labute approximate surface area is 157 Å². The summed E-state index contributed by atoms with van der Waals surface area (Å²) in [6, 6.07) is 11.0. The molecule has 1 spiro atoms. The molecule has 27 heavy (non-hydrogen) atoms. The Kier molecular flexibility index (Phi) is 3.29. The van der Waals surface area contributed by atoms with E-state index in [9.17, 15) is 9.90 Å². The van der Waals surface area contributed by atoms with E-state index >= 15 is 0 Å². The highest BCUT2D eigenvalue weighted by Gasteiger charge is 2.58. The predicted molar refractivity (Wildman–Crippen MR) is 101 cm³/mol. The Hall–Kier alpha value is -3.01. The summed E-state index contributed by atoms with van der Waals surface area (Å²) in [4.78, 5) is 12.9. The van der Waals surface area contributed by atoms with Crippen molar-refractivity contribution in [3.05, 3.63) is 83.0 Å². The largest absolute Gasteiger partial charge is 0.508 e. The summed E-state index contributed by atoms with van der Waals surface area (Å²) >= 11 is 0. The van der Waals surface area contributed by atoms with Gasteiger partial charge in [-0.25, -0.2) is 4.79 Å². The first kappa shape index (κ1) is 16.2. The molecule has 5 rings (SSSR count). The minimum atomic E-state index is -0.949. The van der Waals surface area contributed by atoms with E-state index in [1.807, 2.05) is 36.4 Å². The van der Waals surface area contributed by atoms with Crippen molar-refractivity contribution in [2.24, 2.45) is 5.92 Å². The van der Waals surface area contributed by atoms with Crippen LogP contribution in [0, 0.1) is 5.92 Å². The van der Waals surface area contributed by atoms with Gasteiger partial charge in [-0.1, -0.05) is 44.2 Å². The van der Waals surface area contributed by atoms with E-state index in [2.05, 4.69) is 19.9 Å². The number of hydrogen-bond donors (Lipinski definition) is 1. The summed E-state index contributed by atoms with van der Waals surface area (Å²) < 4.78 is 12.3. The van der Waals surface area contributed by atoms with E-state index in [4.69, 9.17) is 9.47 Å². The monoisotopic (exact) mass is 360 g/mol. The second kappa shape index (κ2) is 5.49. The van der Waals surface area contributed by atoms with Crippen LogP contribution in [0.5, 0.6) is 11.5 Å².